The summed E-state index contributed by atoms with van der Waals surface area (Å²) in [7, 11) is 2.17. The number of piperazine rings is 1. The van der Waals surface area contributed by atoms with Gasteiger partial charge in [-0.2, -0.15) is 0 Å². The quantitative estimate of drug-likeness (QED) is 0.902. The molecule has 1 unspecified atom stereocenters. The van der Waals surface area contributed by atoms with E-state index in [-0.39, 0.29) is 5.91 Å². The van der Waals surface area contributed by atoms with Gasteiger partial charge in [-0.25, -0.2) is 4.98 Å². The Labute approximate surface area is 147 Å². The first kappa shape index (κ1) is 17.3. The number of pyridine rings is 1. The number of nitrogens with one attached hydrogen (secondary N) is 1. The monoisotopic (exact) mass is 346 g/mol. The summed E-state index contributed by atoms with van der Waals surface area (Å²) >= 11 is 1.46. The average molecular weight is 347 g/mol. The first-order chi connectivity index (χ1) is 11.5. The third-order valence-electron chi connectivity index (χ3n) is 4.77. The third kappa shape index (κ3) is 3.94. The molecule has 1 fully saturated rings. The first-order valence-corrected chi connectivity index (χ1v) is 9.41. The van der Waals surface area contributed by atoms with Crippen LogP contribution in [0.4, 0.5) is 0 Å². The molecule has 0 aromatic carbocycles. The number of amides is 1. The number of aromatic nitrogens is 1. The average Bonchev–Trinajstić information content (AvgIpc) is 3.00. The summed E-state index contributed by atoms with van der Waals surface area (Å²) in [6.07, 6.45) is 1.77. The molecule has 1 aliphatic heterocycles. The summed E-state index contributed by atoms with van der Waals surface area (Å²) in [5, 5.41) is 4.17. The van der Waals surface area contributed by atoms with Gasteiger partial charge in [0.2, 0.25) is 0 Å². The minimum atomic E-state index is 0.0118. The number of carbonyl (C=O) groups excluding carboxylic acids is 1. The Kier molecular flexibility index (Phi) is 5.48. The third-order valence-corrected chi connectivity index (χ3v) is 5.82. The van der Waals surface area contributed by atoms with Gasteiger partial charge in [-0.3, -0.25) is 9.69 Å². The van der Waals surface area contributed by atoms with Crippen molar-refractivity contribution >= 4 is 27.5 Å². The molecule has 1 aliphatic rings. The molecular formula is C18H26N4OS. The largest absolute Gasteiger partial charge is 0.350 e. The van der Waals surface area contributed by atoms with Crippen molar-refractivity contribution in [3.63, 3.8) is 0 Å². The van der Waals surface area contributed by atoms with Gasteiger partial charge in [0.15, 0.2) is 0 Å². The summed E-state index contributed by atoms with van der Waals surface area (Å²) in [6.45, 7) is 9.50. The second-order valence-electron chi connectivity index (χ2n) is 6.87. The Bertz CT molecular complexity index is 658. The fourth-order valence-electron chi connectivity index (χ4n) is 3.21. The Morgan fingerprint density at radius 2 is 2.08 bits per heavy atom. The summed E-state index contributed by atoms with van der Waals surface area (Å²) in [5.41, 5.74) is 0. The van der Waals surface area contributed by atoms with E-state index >= 15 is 0 Å². The number of nitrogens with zero attached hydrogens (tertiary/aromatic N) is 3. The van der Waals surface area contributed by atoms with Crippen LogP contribution in [0.5, 0.6) is 0 Å². The van der Waals surface area contributed by atoms with Crippen LogP contribution < -0.4 is 5.32 Å². The number of fused-ring (bicyclic) bond motifs is 1. The lowest BCUT2D eigenvalue weighted by Crippen LogP contribution is -2.54. The molecule has 0 bridgehead atoms. The lowest BCUT2D eigenvalue weighted by Gasteiger charge is -2.39. The minimum Gasteiger partial charge on any atom is -0.350 e. The molecular weight excluding hydrogens is 320 g/mol. The Morgan fingerprint density at radius 1 is 1.33 bits per heavy atom. The van der Waals surface area contributed by atoms with Crippen molar-refractivity contribution in [2.75, 3.05) is 39.8 Å². The summed E-state index contributed by atoms with van der Waals surface area (Å²) in [4.78, 5) is 23.4. The second kappa shape index (κ2) is 7.59. The zero-order valence-corrected chi connectivity index (χ0v) is 15.5. The van der Waals surface area contributed by atoms with Crippen LogP contribution in [-0.4, -0.2) is 66.5 Å². The molecule has 0 aliphatic carbocycles. The molecule has 1 saturated heterocycles. The maximum Gasteiger partial charge on any atom is 0.261 e. The SMILES string of the molecule is CC(C)C(CNC(=O)c1cc2cccnc2s1)N1CCN(C)CC1. The molecule has 2 aromatic rings. The van der Waals surface area contributed by atoms with Crippen molar-refractivity contribution < 1.29 is 4.79 Å². The predicted molar refractivity (Wildman–Crippen MR) is 99.6 cm³/mol. The molecule has 24 heavy (non-hydrogen) atoms. The van der Waals surface area contributed by atoms with E-state index in [1.807, 2.05) is 18.2 Å². The number of likely N-dealkylation sites (N-methyl/N-ethyl adjacent to an activating group) is 1. The van der Waals surface area contributed by atoms with Crippen molar-refractivity contribution in [2.24, 2.45) is 5.92 Å². The Hall–Kier alpha value is -1.50. The highest BCUT2D eigenvalue weighted by Crippen LogP contribution is 2.23. The van der Waals surface area contributed by atoms with E-state index in [1.54, 1.807) is 6.20 Å². The van der Waals surface area contributed by atoms with E-state index < -0.39 is 0 Å². The summed E-state index contributed by atoms with van der Waals surface area (Å²) in [6, 6.07) is 6.22. The zero-order valence-electron chi connectivity index (χ0n) is 14.7. The van der Waals surface area contributed by atoms with Gasteiger partial charge in [0.25, 0.3) is 5.91 Å². The Morgan fingerprint density at radius 3 is 2.75 bits per heavy atom. The second-order valence-corrected chi connectivity index (χ2v) is 7.90. The molecule has 3 rings (SSSR count). The molecule has 2 aromatic heterocycles. The van der Waals surface area contributed by atoms with Crippen LogP contribution in [0.25, 0.3) is 10.2 Å². The van der Waals surface area contributed by atoms with Crippen LogP contribution in [0, 0.1) is 5.92 Å². The molecule has 1 N–H and O–H groups in total. The van der Waals surface area contributed by atoms with Crippen LogP contribution in [0.3, 0.4) is 0 Å². The normalized spacial score (nSPS) is 18.2. The van der Waals surface area contributed by atoms with Gasteiger partial charge in [-0.05, 0) is 25.1 Å². The van der Waals surface area contributed by atoms with Crippen molar-refractivity contribution in [2.45, 2.75) is 19.9 Å². The Balaban J connectivity index is 1.62. The molecule has 0 spiro atoms. The van der Waals surface area contributed by atoms with Crippen molar-refractivity contribution in [1.82, 2.24) is 20.1 Å². The zero-order chi connectivity index (χ0) is 17.1. The van der Waals surface area contributed by atoms with Gasteiger partial charge >= 0.3 is 0 Å². The molecule has 0 saturated carbocycles. The van der Waals surface area contributed by atoms with Gasteiger partial charge in [-0.1, -0.05) is 19.9 Å². The molecule has 130 valence electrons. The predicted octanol–water partition coefficient (Wildman–Crippen LogP) is 2.30. The van der Waals surface area contributed by atoms with Gasteiger partial charge in [-0.15, -0.1) is 11.3 Å². The van der Waals surface area contributed by atoms with Gasteiger partial charge < -0.3 is 10.2 Å². The highest BCUT2D eigenvalue weighted by Gasteiger charge is 2.25. The molecule has 1 amide bonds. The van der Waals surface area contributed by atoms with Gasteiger partial charge in [0.1, 0.15) is 4.83 Å². The van der Waals surface area contributed by atoms with Crippen LogP contribution >= 0.6 is 11.3 Å². The van der Waals surface area contributed by atoms with Crippen LogP contribution in [-0.2, 0) is 0 Å². The number of hydrogen-bond acceptors (Lipinski definition) is 5. The van der Waals surface area contributed by atoms with Gasteiger partial charge in [0.05, 0.1) is 4.88 Å². The number of carbonyl (C=O) groups is 1. The fraction of sp³-hybridized carbons (Fsp3) is 0.556. The summed E-state index contributed by atoms with van der Waals surface area (Å²) in [5.74, 6) is 0.524. The smallest absolute Gasteiger partial charge is 0.261 e. The van der Waals surface area contributed by atoms with E-state index in [9.17, 15) is 4.79 Å². The lowest BCUT2D eigenvalue weighted by atomic mass is 10.0. The first-order valence-electron chi connectivity index (χ1n) is 8.60. The van der Waals surface area contributed by atoms with Gasteiger partial charge in [0, 0.05) is 50.3 Å². The topological polar surface area (TPSA) is 48.5 Å². The van der Waals surface area contributed by atoms with Crippen molar-refractivity contribution in [3.05, 3.63) is 29.3 Å². The van der Waals surface area contributed by atoms with E-state index in [1.165, 1.54) is 11.3 Å². The summed E-state index contributed by atoms with van der Waals surface area (Å²) < 4.78 is 0. The molecule has 6 heteroatoms. The highest BCUT2D eigenvalue weighted by molar-refractivity contribution is 7.20. The van der Waals surface area contributed by atoms with E-state index in [4.69, 9.17) is 0 Å². The maximum absolute atomic E-state index is 12.5. The molecule has 1 atom stereocenters. The van der Waals surface area contributed by atoms with E-state index in [0.717, 1.165) is 41.3 Å². The molecule has 0 radical (unpaired) electrons. The minimum absolute atomic E-state index is 0.0118. The van der Waals surface area contributed by atoms with Crippen molar-refractivity contribution in [1.29, 1.82) is 0 Å². The highest BCUT2D eigenvalue weighted by atomic mass is 32.1. The number of hydrogen-bond donors (Lipinski definition) is 1. The number of thiophene rings is 1. The van der Waals surface area contributed by atoms with E-state index in [2.05, 4.69) is 41.0 Å². The lowest BCUT2D eigenvalue weighted by molar-refractivity contribution is 0.0793. The van der Waals surface area contributed by atoms with Crippen LogP contribution in [0.2, 0.25) is 0 Å². The standard InChI is InChI=1S/C18H26N4OS/c1-13(2)15(22-9-7-21(3)8-10-22)12-20-17(23)16-11-14-5-4-6-19-18(14)24-16/h4-6,11,13,15H,7-10,12H2,1-3H3,(H,20,23). The van der Waals surface area contributed by atoms with Crippen LogP contribution in [0.1, 0.15) is 23.5 Å². The molecule has 5 nitrogen and oxygen atoms in total. The van der Waals surface area contributed by atoms with E-state index in [0.29, 0.717) is 18.5 Å². The molecule has 3 heterocycles. The maximum atomic E-state index is 12.5. The van der Waals surface area contributed by atoms with Crippen molar-refractivity contribution in [3.8, 4) is 0 Å². The van der Waals surface area contributed by atoms with Crippen LogP contribution in [0.15, 0.2) is 24.4 Å². The fourth-order valence-corrected chi connectivity index (χ4v) is 4.13. The number of rotatable bonds is 5.